The molecule has 0 fully saturated rings. The Kier molecular flexibility index (Phi) is 2.66. The smallest absolute Gasteiger partial charge is 0.194 e. The van der Waals surface area contributed by atoms with Crippen LogP contribution in [0.5, 0.6) is 0 Å². The van der Waals surface area contributed by atoms with E-state index in [4.69, 9.17) is 0 Å². The number of rotatable bonds is 0. The fourth-order valence-electron chi connectivity index (χ4n) is 3.06. The monoisotopic (exact) mass is 264 g/mol. The Bertz CT molecular complexity index is 730. The predicted molar refractivity (Wildman–Crippen MR) is 83.5 cm³/mol. The molecular formula is C19H20O. The molecule has 0 unspecified atom stereocenters. The van der Waals surface area contributed by atoms with Crippen LogP contribution in [-0.4, -0.2) is 5.78 Å². The van der Waals surface area contributed by atoms with E-state index in [9.17, 15) is 4.79 Å². The molecule has 0 atom stereocenters. The topological polar surface area (TPSA) is 17.1 Å². The van der Waals surface area contributed by atoms with Gasteiger partial charge in [0, 0.05) is 11.1 Å². The number of carbonyl (C=O) groups excluding carboxylic acids is 1. The molecule has 0 amide bonds. The second-order valence-corrected chi connectivity index (χ2v) is 6.86. The van der Waals surface area contributed by atoms with Gasteiger partial charge in [-0.15, -0.1) is 0 Å². The zero-order valence-electron chi connectivity index (χ0n) is 12.8. The van der Waals surface area contributed by atoms with Crippen molar-refractivity contribution in [1.29, 1.82) is 0 Å². The van der Waals surface area contributed by atoms with Crippen molar-refractivity contribution >= 4 is 5.78 Å². The summed E-state index contributed by atoms with van der Waals surface area (Å²) in [5, 5.41) is 0. The molecule has 0 aromatic heterocycles. The fraction of sp³-hybridized carbons (Fsp3) is 0.316. The first kappa shape index (κ1) is 13.1. The van der Waals surface area contributed by atoms with Crippen molar-refractivity contribution < 1.29 is 4.79 Å². The average Bonchev–Trinajstić information content (AvgIpc) is 2.61. The maximum Gasteiger partial charge on any atom is 0.194 e. The Hall–Kier alpha value is -1.89. The minimum Gasteiger partial charge on any atom is -0.289 e. The third-order valence-electron chi connectivity index (χ3n) is 4.02. The van der Waals surface area contributed by atoms with E-state index in [2.05, 4.69) is 45.9 Å². The second kappa shape index (κ2) is 4.05. The van der Waals surface area contributed by atoms with Gasteiger partial charge in [0.1, 0.15) is 0 Å². The zero-order valence-corrected chi connectivity index (χ0v) is 12.8. The molecule has 3 rings (SSSR count). The van der Waals surface area contributed by atoms with Crippen LogP contribution in [0, 0.1) is 13.8 Å². The van der Waals surface area contributed by atoms with Crippen molar-refractivity contribution in [3.63, 3.8) is 0 Å². The van der Waals surface area contributed by atoms with Gasteiger partial charge >= 0.3 is 0 Å². The molecule has 1 heteroatoms. The summed E-state index contributed by atoms with van der Waals surface area (Å²) in [6.45, 7) is 10.7. The number of aryl methyl sites for hydroxylation is 2. The van der Waals surface area contributed by atoms with Crippen LogP contribution in [0.15, 0.2) is 30.3 Å². The van der Waals surface area contributed by atoms with Crippen molar-refractivity contribution in [2.45, 2.75) is 40.0 Å². The number of hydrogen-bond donors (Lipinski definition) is 0. The van der Waals surface area contributed by atoms with E-state index in [-0.39, 0.29) is 11.2 Å². The van der Waals surface area contributed by atoms with Gasteiger partial charge in [0.05, 0.1) is 0 Å². The lowest BCUT2D eigenvalue weighted by molar-refractivity contribution is 0.104. The summed E-state index contributed by atoms with van der Waals surface area (Å²) >= 11 is 0. The lowest BCUT2D eigenvalue weighted by atomic mass is 9.80. The summed E-state index contributed by atoms with van der Waals surface area (Å²) in [5.74, 6) is 0.174. The van der Waals surface area contributed by atoms with Crippen molar-refractivity contribution in [2.24, 2.45) is 0 Å². The quantitative estimate of drug-likeness (QED) is 0.569. The van der Waals surface area contributed by atoms with Crippen LogP contribution in [-0.2, 0) is 5.41 Å². The largest absolute Gasteiger partial charge is 0.289 e. The molecule has 1 nitrogen and oxygen atoms in total. The highest BCUT2D eigenvalue weighted by Crippen LogP contribution is 2.43. The summed E-state index contributed by atoms with van der Waals surface area (Å²) in [5.41, 5.74) is 7.56. The third kappa shape index (κ3) is 1.81. The van der Waals surface area contributed by atoms with Gasteiger partial charge in [0.15, 0.2) is 5.78 Å². The second-order valence-electron chi connectivity index (χ2n) is 6.86. The van der Waals surface area contributed by atoms with Crippen LogP contribution in [0.4, 0.5) is 0 Å². The molecule has 2 aromatic rings. The molecule has 0 radical (unpaired) electrons. The predicted octanol–water partition coefficient (Wildman–Crippen LogP) is 4.81. The Morgan fingerprint density at radius 3 is 2.10 bits per heavy atom. The molecule has 0 N–H and O–H groups in total. The molecule has 1 aliphatic rings. The van der Waals surface area contributed by atoms with Gasteiger partial charge in [-0.25, -0.2) is 0 Å². The number of ketones is 1. The number of benzene rings is 2. The van der Waals surface area contributed by atoms with Gasteiger partial charge < -0.3 is 0 Å². The Morgan fingerprint density at radius 2 is 1.45 bits per heavy atom. The summed E-state index contributed by atoms with van der Waals surface area (Å²) in [7, 11) is 0. The summed E-state index contributed by atoms with van der Waals surface area (Å²) in [4.78, 5) is 12.7. The Morgan fingerprint density at radius 1 is 0.800 bits per heavy atom. The van der Waals surface area contributed by atoms with Gasteiger partial charge in [0.25, 0.3) is 0 Å². The highest BCUT2D eigenvalue weighted by molar-refractivity contribution is 6.22. The van der Waals surface area contributed by atoms with Gasteiger partial charge in [-0.05, 0) is 48.1 Å². The van der Waals surface area contributed by atoms with Crippen molar-refractivity contribution in [3.8, 4) is 11.1 Å². The molecule has 0 aliphatic heterocycles. The number of fused-ring (bicyclic) bond motifs is 3. The highest BCUT2D eigenvalue weighted by Gasteiger charge is 2.32. The zero-order chi connectivity index (χ0) is 14.7. The van der Waals surface area contributed by atoms with Gasteiger partial charge in [-0.3, -0.25) is 4.79 Å². The van der Waals surface area contributed by atoms with Crippen LogP contribution in [0.2, 0.25) is 0 Å². The van der Waals surface area contributed by atoms with E-state index in [1.165, 1.54) is 5.56 Å². The molecule has 0 spiro atoms. The van der Waals surface area contributed by atoms with E-state index < -0.39 is 0 Å². The lowest BCUT2D eigenvalue weighted by Gasteiger charge is -2.23. The molecule has 2 aromatic carbocycles. The van der Waals surface area contributed by atoms with E-state index >= 15 is 0 Å². The summed E-state index contributed by atoms with van der Waals surface area (Å²) in [6.07, 6.45) is 0. The third-order valence-corrected chi connectivity index (χ3v) is 4.02. The normalized spacial score (nSPS) is 13.3. The first-order valence-electron chi connectivity index (χ1n) is 7.10. The number of carbonyl (C=O) groups is 1. The molecule has 0 bridgehead atoms. The fourth-order valence-corrected chi connectivity index (χ4v) is 3.06. The first-order valence-corrected chi connectivity index (χ1v) is 7.10. The number of hydrogen-bond acceptors (Lipinski definition) is 1. The minimum atomic E-state index is 0.0306. The van der Waals surface area contributed by atoms with E-state index in [1.54, 1.807) is 0 Å². The van der Waals surface area contributed by atoms with Crippen LogP contribution >= 0.6 is 0 Å². The standard InChI is InChI=1S/C19H20O/c1-11-6-7-13-14(8-11)18(20)15-9-12(2)10-16(17(13)15)19(3,4)5/h6-10H,1-5H3. The summed E-state index contributed by atoms with van der Waals surface area (Å²) < 4.78 is 0. The van der Waals surface area contributed by atoms with E-state index in [1.807, 2.05) is 19.1 Å². The molecular weight excluding hydrogens is 244 g/mol. The minimum absolute atomic E-state index is 0.0306. The average molecular weight is 264 g/mol. The molecule has 102 valence electrons. The van der Waals surface area contributed by atoms with Crippen molar-refractivity contribution in [2.75, 3.05) is 0 Å². The first-order chi connectivity index (χ1) is 9.29. The van der Waals surface area contributed by atoms with Gasteiger partial charge in [0.2, 0.25) is 0 Å². The van der Waals surface area contributed by atoms with Crippen molar-refractivity contribution in [3.05, 3.63) is 58.1 Å². The van der Waals surface area contributed by atoms with Crippen LogP contribution in [0.25, 0.3) is 11.1 Å². The lowest BCUT2D eigenvalue weighted by Crippen LogP contribution is -2.13. The molecule has 0 saturated carbocycles. The van der Waals surface area contributed by atoms with Gasteiger partial charge in [-0.1, -0.05) is 50.1 Å². The molecule has 0 saturated heterocycles. The maximum atomic E-state index is 12.7. The van der Waals surface area contributed by atoms with Crippen LogP contribution in [0.3, 0.4) is 0 Å². The Balaban J connectivity index is 2.40. The summed E-state index contributed by atoms with van der Waals surface area (Å²) in [6, 6.07) is 10.5. The highest BCUT2D eigenvalue weighted by atomic mass is 16.1. The molecule has 0 heterocycles. The van der Waals surface area contributed by atoms with Crippen molar-refractivity contribution in [1.82, 2.24) is 0 Å². The maximum absolute atomic E-state index is 12.7. The molecule has 1 aliphatic carbocycles. The van der Waals surface area contributed by atoms with Crippen LogP contribution in [0.1, 0.15) is 53.4 Å². The Labute approximate surface area is 120 Å². The van der Waals surface area contributed by atoms with E-state index in [0.717, 1.165) is 33.4 Å². The molecule has 20 heavy (non-hydrogen) atoms. The van der Waals surface area contributed by atoms with E-state index in [0.29, 0.717) is 0 Å². The van der Waals surface area contributed by atoms with Gasteiger partial charge in [-0.2, -0.15) is 0 Å². The van der Waals surface area contributed by atoms with Crippen LogP contribution < -0.4 is 0 Å². The SMILES string of the molecule is Cc1ccc2c(c1)C(=O)c1cc(C)cc(C(C)(C)C)c1-2.